The van der Waals surface area contributed by atoms with Gasteiger partial charge in [0.05, 0.1) is 6.61 Å². The molecule has 80 valence electrons. The van der Waals surface area contributed by atoms with E-state index in [2.05, 4.69) is 6.92 Å². The summed E-state index contributed by atoms with van der Waals surface area (Å²) in [7, 11) is 1.16. The van der Waals surface area contributed by atoms with Gasteiger partial charge in [0.25, 0.3) is 7.52 Å². The highest BCUT2D eigenvalue weighted by atomic mass is 31.2. The Morgan fingerprint density at radius 3 is 2.23 bits per heavy atom. The van der Waals surface area contributed by atoms with Gasteiger partial charge >= 0.3 is 0 Å². The van der Waals surface area contributed by atoms with E-state index >= 15 is 0 Å². The minimum atomic E-state index is -2.49. The molecule has 0 aromatic heterocycles. The Morgan fingerprint density at radius 1 is 1.23 bits per heavy atom. The molecule has 0 aliphatic heterocycles. The van der Waals surface area contributed by atoms with Crippen molar-refractivity contribution >= 4 is 7.52 Å². The maximum atomic E-state index is 12.1. The van der Waals surface area contributed by atoms with Gasteiger partial charge in [-0.1, -0.05) is 20.3 Å². The van der Waals surface area contributed by atoms with Gasteiger partial charge in [0.2, 0.25) is 0 Å². The first-order chi connectivity index (χ1) is 6.06. The van der Waals surface area contributed by atoms with Crippen LogP contribution in [0.5, 0.6) is 0 Å². The van der Waals surface area contributed by atoms with Crippen LogP contribution >= 0.6 is 7.52 Å². The molecule has 4 heteroatoms. The van der Waals surface area contributed by atoms with Crippen LogP contribution in [0.2, 0.25) is 0 Å². The molecule has 0 N–H and O–H groups in total. The van der Waals surface area contributed by atoms with E-state index in [0.29, 0.717) is 12.8 Å². The topological polar surface area (TPSA) is 29.5 Å². The molecule has 0 aliphatic rings. The molecule has 0 saturated heterocycles. The zero-order chi connectivity index (χ0) is 10.3. The summed E-state index contributed by atoms with van der Waals surface area (Å²) in [6, 6.07) is 0. The van der Waals surface area contributed by atoms with Crippen molar-refractivity contribution in [3.05, 3.63) is 0 Å². The molecule has 0 saturated carbocycles. The van der Waals surface area contributed by atoms with Gasteiger partial charge < -0.3 is 4.52 Å². The lowest BCUT2D eigenvalue weighted by molar-refractivity contribution is 0.275. The first-order valence-electron chi connectivity index (χ1n) is 4.98. The quantitative estimate of drug-likeness (QED) is 0.475. The summed E-state index contributed by atoms with van der Waals surface area (Å²) in [5.74, 6) is 0. The Balaban J connectivity index is 4.01. The van der Waals surface area contributed by atoms with Crippen molar-refractivity contribution in [3.8, 4) is 0 Å². The highest BCUT2D eigenvalue weighted by Gasteiger charge is 2.24. The molecule has 3 nitrogen and oxygen atoms in total. The molecule has 0 aliphatic carbocycles. The fourth-order valence-electron chi connectivity index (χ4n) is 1.01. The molecule has 0 amide bonds. The fraction of sp³-hybridized carbons (Fsp3) is 1.00. The lowest BCUT2D eigenvalue weighted by atomic mass is 10.4. The average Bonchev–Trinajstić information content (AvgIpc) is 2.05. The second kappa shape index (κ2) is 6.58. The smallest absolute Gasteiger partial charge is 0.271 e. The monoisotopic (exact) mass is 207 g/mol. The molecule has 13 heavy (non-hydrogen) atoms. The third-order valence-electron chi connectivity index (χ3n) is 1.91. The van der Waals surface area contributed by atoms with E-state index in [0.717, 1.165) is 19.3 Å². The predicted octanol–water partition coefficient (Wildman–Crippen LogP) is 2.97. The van der Waals surface area contributed by atoms with Gasteiger partial charge in [0.1, 0.15) is 0 Å². The molecule has 0 heterocycles. The lowest BCUT2D eigenvalue weighted by Gasteiger charge is -2.24. The summed E-state index contributed by atoms with van der Waals surface area (Å²) in [4.78, 5) is 0. The highest BCUT2D eigenvalue weighted by Crippen LogP contribution is 2.49. The summed E-state index contributed by atoms with van der Waals surface area (Å²) >= 11 is 0. The van der Waals surface area contributed by atoms with Crippen LogP contribution in [-0.4, -0.2) is 31.5 Å². The van der Waals surface area contributed by atoms with Crippen LogP contribution in [0.15, 0.2) is 0 Å². The molecule has 1 atom stereocenters. The summed E-state index contributed by atoms with van der Waals surface area (Å²) in [5.41, 5.74) is 0. The van der Waals surface area contributed by atoms with Crippen LogP contribution in [0.3, 0.4) is 0 Å². The van der Waals surface area contributed by atoms with Crippen LogP contribution < -0.4 is 0 Å². The Hall–Kier alpha value is 0.150. The minimum Gasteiger partial charge on any atom is -0.317 e. The fourth-order valence-corrected chi connectivity index (χ4v) is 2.75. The molecule has 0 aromatic carbocycles. The molecule has 1 unspecified atom stereocenters. The van der Waals surface area contributed by atoms with Crippen molar-refractivity contribution < 1.29 is 9.09 Å². The van der Waals surface area contributed by atoms with E-state index in [9.17, 15) is 4.57 Å². The van der Waals surface area contributed by atoms with Crippen LogP contribution in [0.4, 0.5) is 0 Å². The average molecular weight is 207 g/mol. The predicted molar refractivity (Wildman–Crippen MR) is 57.3 cm³/mol. The number of hydrogen-bond donors (Lipinski definition) is 0. The van der Waals surface area contributed by atoms with Gasteiger partial charge in [-0.05, 0) is 26.9 Å². The molecular formula is C9H22NO2P. The van der Waals surface area contributed by atoms with Gasteiger partial charge in [-0.25, -0.2) is 4.67 Å². The largest absolute Gasteiger partial charge is 0.317 e. The number of rotatable bonds is 7. The van der Waals surface area contributed by atoms with E-state index in [-0.39, 0.29) is 0 Å². The summed E-state index contributed by atoms with van der Waals surface area (Å²) in [6.07, 6.45) is 3.63. The first-order valence-corrected chi connectivity index (χ1v) is 6.74. The number of hydrogen-bond acceptors (Lipinski definition) is 2. The number of unbranched alkanes of at least 4 members (excludes halogenated alkanes) is 1. The Kier molecular flexibility index (Phi) is 6.66. The first kappa shape index (κ1) is 13.2. The minimum absolute atomic E-state index is 0.617. The van der Waals surface area contributed by atoms with E-state index < -0.39 is 7.52 Å². The second-order valence-corrected chi connectivity index (χ2v) is 6.18. The van der Waals surface area contributed by atoms with E-state index in [1.165, 1.54) is 0 Å². The maximum Gasteiger partial charge on any atom is 0.271 e. The van der Waals surface area contributed by atoms with E-state index in [1.807, 2.05) is 21.0 Å². The third kappa shape index (κ3) is 4.80. The lowest BCUT2D eigenvalue weighted by Crippen LogP contribution is -2.13. The van der Waals surface area contributed by atoms with Crippen molar-refractivity contribution in [2.24, 2.45) is 0 Å². The van der Waals surface area contributed by atoms with Gasteiger partial charge in [-0.3, -0.25) is 4.57 Å². The SMILES string of the molecule is CCCCOP(=O)(CCC)N(C)C. The zero-order valence-corrected chi connectivity index (χ0v) is 10.1. The molecule has 0 aromatic rings. The van der Waals surface area contributed by atoms with Gasteiger partial charge in [-0.2, -0.15) is 0 Å². The van der Waals surface area contributed by atoms with Crippen molar-refractivity contribution in [3.63, 3.8) is 0 Å². The Bertz CT molecular complexity index is 171. The normalized spacial score (nSPS) is 16.1. The van der Waals surface area contributed by atoms with E-state index in [4.69, 9.17) is 4.52 Å². The Labute approximate surface area is 82.0 Å². The molecule has 0 bridgehead atoms. The van der Waals surface area contributed by atoms with Crippen LogP contribution in [0.25, 0.3) is 0 Å². The second-order valence-electron chi connectivity index (χ2n) is 3.40. The molecule has 0 fully saturated rings. The summed E-state index contributed by atoms with van der Waals surface area (Å²) in [6.45, 7) is 4.75. The molecule has 0 radical (unpaired) electrons. The summed E-state index contributed by atoms with van der Waals surface area (Å²) in [5, 5.41) is 0. The van der Waals surface area contributed by atoms with Gasteiger partial charge in [-0.15, -0.1) is 0 Å². The highest BCUT2D eigenvalue weighted by molar-refractivity contribution is 7.56. The van der Waals surface area contributed by atoms with Gasteiger partial charge in [0.15, 0.2) is 0 Å². The summed E-state index contributed by atoms with van der Waals surface area (Å²) < 4.78 is 19.3. The van der Waals surface area contributed by atoms with Crippen LogP contribution in [-0.2, 0) is 9.09 Å². The van der Waals surface area contributed by atoms with Crippen molar-refractivity contribution in [2.75, 3.05) is 26.9 Å². The standard InChI is InChI=1S/C9H22NO2P/c1-5-7-8-12-13(11,9-6-2)10(3)4/h5-9H2,1-4H3. The molecular weight excluding hydrogens is 185 g/mol. The van der Waals surface area contributed by atoms with Crippen molar-refractivity contribution in [1.82, 2.24) is 4.67 Å². The number of nitrogens with zero attached hydrogens (tertiary/aromatic N) is 1. The zero-order valence-electron chi connectivity index (χ0n) is 9.25. The molecule has 0 rings (SSSR count). The van der Waals surface area contributed by atoms with E-state index in [1.54, 1.807) is 4.67 Å². The van der Waals surface area contributed by atoms with Gasteiger partial charge in [0, 0.05) is 6.16 Å². The van der Waals surface area contributed by atoms with Crippen molar-refractivity contribution in [2.45, 2.75) is 33.1 Å². The van der Waals surface area contributed by atoms with Crippen LogP contribution in [0.1, 0.15) is 33.1 Å². The molecule has 0 spiro atoms. The third-order valence-corrected chi connectivity index (χ3v) is 4.72. The maximum absolute atomic E-state index is 12.1. The van der Waals surface area contributed by atoms with Crippen LogP contribution in [0, 0.1) is 0 Å². The Morgan fingerprint density at radius 2 is 1.85 bits per heavy atom. The van der Waals surface area contributed by atoms with Crippen molar-refractivity contribution in [1.29, 1.82) is 0 Å².